The molecule has 1 aromatic heterocycles. The van der Waals surface area contributed by atoms with E-state index in [1.807, 2.05) is 0 Å². The lowest BCUT2D eigenvalue weighted by molar-refractivity contribution is 0.0226. The topological polar surface area (TPSA) is 53.1 Å². The Bertz CT molecular complexity index is 369. The molecule has 0 saturated carbocycles. The van der Waals surface area contributed by atoms with Crippen LogP contribution >= 0.6 is 0 Å². The lowest BCUT2D eigenvalue weighted by Gasteiger charge is -2.21. The molecule has 0 aliphatic carbocycles. The Morgan fingerprint density at radius 1 is 1.35 bits per heavy atom. The fourth-order valence-corrected chi connectivity index (χ4v) is 1.92. The van der Waals surface area contributed by atoms with Crippen molar-refractivity contribution in [3.63, 3.8) is 0 Å². The number of nitrogen functional groups attached to an aromatic ring is 1. The van der Waals surface area contributed by atoms with Gasteiger partial charge in [-0.2, -0.15) is 0 Å². The molecule has 0 saturated heterocycles. The van der Waals surface area contributed by atoms with Crippen molar-refractivity contribution < 1.29 is 4.74 Å². The van der Waals surface area contributed by atoms with Gasteiger partial charge in [0.15, 0.2) is 0 Å². The van der Waals surface area contributed by atoms with Gasteiger partial charge in [-0.05, 0) is 20.3 Å². The highest BCUT2D eigenvalue weighted by Gasteiger charge is 2.22. The summed E-state index contributed by atoms with van der Waals surface area (Å²) in [6.07, 6.45) is 2.73. The maximum atomic E-state index is 6.17. The van der Waals surface area contributed by atoms with Crippen molar-refractivity contribution in [3.8, 4) is 0 Å². The number of aryl methyl sites for hydroxylation is 1. The Hall–Kier alpha value is -1.03. The molecule has 1 rings (SSSR count). The molecule has 0 bridgehead atoms. The zero-order valence-corrected chi connectivity index (χ0v) is 11.7. The van der Waals surface area contributed by atoms with Crippen molar-refractivity contribution in [1.82, 2.24) is 9.55 Å². The van der Waals surface area contributed by atoms with Crippen LogP contribution in [0.15, 0.2) is 0 Å². The number of hydrogen-bond donors (Lipinski definition) is 1. The van der Waals surface area contributed by atoms with E-state index in [1.165, 1.54) is 0 Å². The molecule has 4 heteroatoms. The van der Waals surface area contributed by atoms with Crippen molar-refractivity contribution in [2.45, 2.75) is 59.1 Å². The van der Waals surface area contributed by atoms with Crippen molar-refractivity contribution >= 4 is 5.82 Å². The summed E-state index contributed by atoms with van der Waals surface area (Å²) in [7, 11) is 1.72. The Balaban J connectivity index is 3.01. The number of ether oxygens (including phenoxy) is 1. The predicted molar refractivity (Wildman–Crippen MR) is 71.1 cm³/mol. The number of hydrogen-bond acceptors (Lipinski definition) is 3. The van der Waals surface area contributed by atoms with E-state index in [2.05, 4.69) is 37.2 Å². The van der Waals surface area contributed by atoms with Gasteiger partial charge >= 0.3 is 0 Å². The van der Waals surface area contributed by atoms with Gasteiger partial charge < -0.3 is 15.0 Å². The van der Waals surface area contributed by atoms with Crippen LogP contribution < -0.4 is 5.73 Å². The lowest BCUT2D eigenvalue weighted by atomic mass is 10.0. The number of methoxy groups -OCH3 is 1. The summed E-state index contributed by atoms with van der Waals surface area (Å²) >= 11 is 0. The molecular formula is C13H25N3O. The molecule has 1 heterocycles. The first-order valence-electron chi connectivity index (χ1n) is 6.34. The monoisotopic (exact) mass is 239 g/mol. The minimum atomic E-state index is -0.218. The van der Waals surface area contributed by atoms with Gasteiger partial charge in [0.1, 0.15) is 11.6 Å². The van der Waals surface area contributed by atoms with E-state index < -0.39 is 0 Å². The molecule has 0 aromatic carbocycles. The fourth-order valence-electron chi connectivity index (χ4n) is 1.92. The van der Waals surface area contributed by atoms with Crippen LogP contribution in [0.3, 0.4) is 0 Å². The Morgan fingerprint density at radius 2 is 2.00 bits per heavy atom. The van der Waals surface area contributed by atoms with Crippen LogP contribution in [0.2, 0.25) is 0 Å². The van der Waals surface area contributed by atoms with Crippen LogP contribution in [0.1, 0.15) is 45.6 Å². The summed E-state index contributed by atoms with van der Waals surface area (Å²) in [6.45, 7) is 9.31. The molecule has 0 unspecified atom stereocenters. The minimum absolute atomic E-state index is 0.218. The van der Waals surface area contributed by atoms with Gasteiger partial charge in [-0.15, -0.1) is 0 Å². The maximum absolute atomic E-state index is 6.17. The van der Waals surface area contributed by atoms with Crippen LogP contribution in [-0.4, -0.2) is 22.3 Å². The van der Waals surface area contributed by atoms with Crippen LogP contribution in [0, 0.1) is 0 Å². The zero-order valence-electron chi connectivity index (χ0n) is 11.7. The summed E-state index contributed by atoms with van der Waals surface area (Å²) < 4.78 is 7.56. The summed E-state index contributed by atoms with van der Waals surface area (Å²) in [5.41, 5.74) is 6.92. The minimum Gasteiger partial charge on any atom is -0.384 e. The second kappa shape index (κ2) is 5.54. The molecule has 17 heavy (non-hydrogen) atoms. The van der Waals surface area contributed by atoms with E-state index in [9.17, 15) is 0 Å². The summed E-state index contributed by atoms with van der Waals surface area (Å²) in [5.74, 6) is 1.88. The first kappa shape index (κ1) is 14.0. The van der Waals surface area contributed by atoms with Gasteiger partial charge in [-0.25, -0.2) is 4.98 Å². The average molecular weight is 239 g/mol. The fraction of sp³-hybridized carbons (Fsp3) is 0.769. The zero-order chi connectivity index (χ0) is 13.1. The van der Waals surface area contributed by atoms with E-state index in [0.717, 1.165) is 43.1 Å². The molecule has 2 N–H and O–H groups in total. The second-order valence-corrected chi connectivity index (χ2v) is 5.01. The largest absolute Gasteiger partial charge is 0.384 e. The molecule has 0 radical (unpaired) electrons. The molecule has 0 atom stereocenters. The molecule has 1 aromatic rings. The molecule has 0 amide bonds. The standard InChI is InChI=1S/C13H25N3O/c1-6-8-16-11(7-2)15-10(12(16)14)9-13(3,4)17-5/h6-9,14H2,1-5H3. The van der Waals surface area contributed by atoms with Crippen LogP contribution in [0.25, 0.3) is 0 Å². The molecule has 0 aliphatic heterocycles. The number of nitrogens with zero attached hydrogens (tertiary/aromatic N) is 2. The number of anilines is 1. The van der Waals surface area contributed by atoms with Gasteiger partial charge in [-0.3, -0.25) is 0 Å². The van der Waals surface area contributed by atoms with Crippen molar-refractivity contribution in [2.75, 3.05) is 12.8 Å². The summed E-state index contributed by atoms with van der Waals surface area (Å²) in [5, 5.41) is 0. The highest BCUT2D eigenvalue weighted by molar-refractivity contribution is 5.39. The highest BCUT2D eigenvalue weighted by Crippen LogP contribution is 2.22. The van der Waals surface area contributed by atoms with Crippen LogP contribution in [0.5, 0.6) is 0 Å². The average Bonchev–Trinajstić information content (AvgIpc) is 2.57. The molecule has 0 aliphatic rings. The highest BCUT2D eigenvalue weighted by atomic mass is 16.5. The molecule has 4 nitrogen and oxygen atoms in total. The van der Waals surface area contributed by atoms with Gasteiger partial charge in [0.05, 0.1) is 11.3 Å². The van der Waals surface area contributed by atoms with Crippen molar-refractivity contribution in [2.24, 2.45) is 0 Å². The molecular weight excluding hydrogens is 214 g/mol. The predicted octanol–water partition coefficient (Wildman–Crippen LogP) is 2.41. The Labute approximate surface area is 104 Å². The van der Waals surface area contributed by atoms with E-state index in [-0.39, 0.29) is 5.60 Å². The molecule has 98 valence electrons. The Kier molecular flexibility index (Phi) is 4.57. The number of nitrogens with two attached hydrogens (primary N) is 1. The quantitative estimate of drug-likeness (QED) is 0.829. The van der Waals surface area contributed by atoms with Crippen LogP contribution in [0.4, 0.5) is 5.82 Å². The Morgan fingerprint density at radius 3 is 2.47 bits per heavy atom. The van der Waals surface area contributed by atoms with E-state index in [0.29, 0.717) is 0 Å². The normalized spacial score (nSPS) is 12.1. The van der Waals surface area contributed by atoms with Gasteiger partial charge in [0.25, 0.3) is 0 Å². The summed E-state index contributed by atoms with van der Waals surface area (Å²) in [6, 6.07) is 0. The second-order valence-electron chi connectivity index (χ2n) is 5.01. The SMILES string of the molecule is CCCn1c(CC)nc(CC(C)(C)OC)c1N. The number of aromatic nitrogens is 2. The first-order chi connectivity index (χ1) is 7.95. The van der Waals surface area contributed by atoms with E-state index >= 15 is 0 Å². The van der Waals surface area contributed by atoms with E-state index in [1.54, 1.807) is 7.11 Å². The smallest absolute Gasteiger partial charge is 0.126 e. The molecule has 0 fully saturated rings. The van der Waals surface area contributed by atoms with Crippen molar-refractivity contribution in [3.05, 3.63) is 11.5 Å². The van der Waals surface area contributed by atoms with E-state index in [4.69, 9.17) is 10.5 Å². The lowest BCUT2D eigenvalue weighted by Crippen LogP contribution is -2.26. The van der Waals surface area contributed by atoms with Gasteiger partial charge in [0.2, 0.25) is 0 Å². The van der Waals surface area contributed by atoms with Crippen LogP contribution in [-0.2, 0) is 24.1 Å². The summed E-state index contributed by atoms with van der Waals surface area (Å²) in [4.78, 5) is 4.64. The molecule has 0 spiro atoms. The number of rotatable bonds is 6. The van der Waals surface area contributed by atoms with Gasteiger partial charge in [0, 0.05) is 26.5 Å². The number of imidazole rings is 1. The third-order valence-corrected chi connectivity index (χ3v) is 3.07. The van der Waals surface area contributed by atoms with Gasteiger partial charge in [-0.1, -0.05) is 13.8 Å². The first-order valence-corrected chi connectivity index (χ1v) is 6.34. The third-order valence-electron chi connectivity index (χ3n) is 3.07. The third kappa shape index (κ3) is 3.22. The van der Waals surface area contributed by atoms with Crippen molar-refractivity contribution in [1.29, 1.82) is 0 Å². The maximum Gasteiger partial charge on any atom is 0.126 e.